The van der Waals surface area contributed by atoms with Crippen molar-refractivity contribution in [1.29, 1.82) is 0 Å². The number of nitrogens with zero attached hydrogens (tertiary/aromatic N) is 4. The molecule has 1 aliphatic heterocycles. The highest BCUT2D eigenvalue weighted by Crippen LogP contribution is 2.47. The van der Waals surface area contributed by atoms with E-state index < -0.39 is 0 Å². The van der Waals surface area contributed by atoms with Gasteiger partial charge in [-0.2, -0.15) is 0 Å². The number of para-hydroxylation sites is 2. The fourth-order valence-corrected chi connectivity index (χ4v) is 9.61. The van der Waals surface area contributed by atoms with Crippen molar-refractivity contribution in [3.63, 3.8) is 0 Å². The molecule has 0 amide bonds. The summed E-state index contributed by atoms with van der Waals surface area (Å²) in [7, 11) is 0. The number of hydrogen-bond donors (Lipinski definition) is 0. The number of rotatable bonds is 3. The van der Waals surface area contributed by atoms with E-state index in [9.17, 15) is 0 Å². The molecule has 0 aliphatic carbocycles. The van der Waals surface area contributed by atoms with E-state index in [2.05, 4.69) is 179 Å². The van der Waals surface area contributed by atoms with Gasteiger partial charge in [0.05, 0.1) is 33.3 Å². The molecule has 0 N–H and O–H groups in total. The maximum absolute atomic E-state index is 5.34. The monoisotopic (exact) mass is 692 g/mol. The smallest absolute Gasteiger partial charge is 0.235 e. The largest absolute Gasteiger partial charge is 0.309 e. The summed E-state index contributed by atoms with van der Waals surface area (Å²) in [5.41, 5.74) is 11.2. The molecule has 0 unspecified atom stereocenters. The first kappa shape index (κ1) is 28.9. The van der Waals surface area contributed by atoms with Crippen molar-refractivity contribution in [3.8, 4) is 34.0 Å². The molecule has 3 aromatic heterocycles. The third kappa shape index (κ3) is 4.20. The highest BCUT2D eigenvalue weighted by Gasteiger charge is 2.24. The SMILES string of the molecule is c1ccc2c(c1)Sc1cccc3nc(-n4c5ccccc5c5cc(-c6ccc7c8ccccc8n(-c8ccc9ccccc9c8)c7c6)ccc54)nc-2c13. The Hall–Kier alpha value is -6.69. The summed E-state index contributed by atoms with van der Waals surface area (Å²) in [4.78, 5) is 13.0. The van der Waals surface area contributed by atoms with Crippen LogP contribution in [0, 0.1) is 0 Å². The van der Waals surface area contributed by atoms with Crippen LogP contribution in [0.2, 0.25) is 0 Å². The van der Waals surface area contributed by atoms with Crippen molar-refractivity contribution in [2.45, 2.75) is 9.79 Å². The Morgan fingerprint density at radius 1 is 0.415 bits per heavy atom. The van der Waals surface area contributed by atoms with Crippen LogP contribution in [-0.4, -0.2) is 19.1 Å². The average Bonchev–Trinajstić information content (AvgIpc) is 3.73. The molecular formula is C48H28N4S. The van der Waals surface area contributed by atoms with E-state index in [1.54, 1.807) is 11.8 Å². The molecule has 0 spiro atoms. The highest BCUT2D eigenvalue weighted by atomic mass is 32.2. The van der Waals surface area contributed by atoms with Gasteiger partial charge in [0.2, 0.25) is 5.95 Å². The lowest BCUT2D eigenvalue weighted by Crippen LogP contribution is -2.05. The van der Waals surface area contributed by atoms with E-state index in [-0.39, 0.29) is 0 Å². The molecule has 12 rings (SSSR count). The Morgan fingerprint density at radius 2 is 1.09 bits per heavy atom. The van der Waals surface area contributed by atoms with Gasteiger partial charge in [-0.25, -0.2) is 9.97 Å². The summed E-state index contributed by atoms with van der Waals surface area (Å²) in [5, 5.41) is 8.45. The fourth-order valence-electron chi connectivity index (χ4n) is 8.50. The zero-order valence-electron chi connectivity index (χ0n) is 28.4. The zero-order chi connectivity index (χ0) is 34.6. The van der Waals surface area contributed by atoms with E-state index >= 15 is 0 Å². The predicted molar refractivity (Wildman–Crippen MR) is 221 cm³/mol. The minimum absolute atomic E-state index is 0.687. The minimum Gasteiger partial charge on any atom is -0.309 e. The van der Waals surface area contributed by atoms with Crippen LogP contribution in [-0.2, 0) is 0 Å². The molecular weight excluding hydrogens is 665 g/mol. The number of hydrogen-bond acceptors (Lipinski definition) is 3. The fraction of sp³-hybridized carbons (Fsp3) is 0. The van der Waals surface area contributed by atoms with Crippen molar-refractivity contribution < 1.29 is 0 Å². The van der Waals surface area contributed by atoms with Gasteiger partial charge < -0.3 is 4.57 Å². The molecule has 0 atom stereocenters. The first-order chi connectivity index (χ1) is 26.3. The summed E-state index contributed by atoms with van der Waals surface area (Å²) >= 11 is 1.80. The van der Waals surface area contributed by atoms with Crippen LogP contribution < -0.4 is 0 Å². The van der Waals surface area contributed by atoms with Crippen molar-refractivity contribution in [2.75, 3.05) is 0 Å². The molecule has 1 aliphatic rings. The van der Waals surface area contributed by atoms with E-state index in [1.807, 2.05) is 0 Å². The van der Waals surface area contributed by atoms with E-state index in [0.717, 1.165) is 38.9 Å². The second kappa shape index (κ2) is 10.9. The van der Waals surface area contributed by atoms with Gasteiger partial charge >= 0.3 is 0 Å². The van der Waals surface area contributed by atoms with Crippen LogP contribution in [0.3, 0.4) is 0 Å². The van der Waals surface area contributed by atoms with Crippen molar-refractivity contribution in [3.05, 3.63) is 170 Å². The standard InChI is InChI=1S/C48H28N4S/c1-2-11-30-26-33(23-20-29(30)10-1)51-40-16-6-3-12-34(40)36-24-21-32(28-43(36)51)31-22-25-42-38(27-31)35-13-4-7-17-41(35)52(42)48-49-39-15-9-19-45-46(39)47(50-48)37-14-5-8-18-44(37)53-45/h1-28H. The van der Waals surface area contributed by atoms with Gasteiger partial charge in [0, 0.05) is 48.0 Å². The van der Waals surface area contributed by atoms with Crippen LogP contribution in [0.1, 0.15) is 0 Å². The summed E-state index contributed by atoms with van der Waals surface area (Å²) in [5.74, 6) is 0.687. The van der Waals surface area contributed by atoms with E-state index in [0.29, 0.717) is 5.95 Å². The Labute approximate surface area is 308 Å². The summed E-state index contributed by atoms with van der Waals surface area (Å²) < 4.78 is 4.65. The molecule has 0 saturated carbocycles. The number of benzene rings is 8. The van der Waals surface area contributed by atoms with Crippen LogP contribution in [0.4, 0.5) is 0 Å². The summed E-state index contributed by atoms with van der Waals surface area (Å²) in [6.07, 6.45) is 0. The second-order valence-corrected chi connectivity index (χ2v) is 14.9. The summed E-state index contributed by atoms with van der Waals surface area (Å²) in [6.45, 7) is 0. The van der Waals surface area contributed by atoms with Crippen LogP contribution in [0.5, 0.6) is 0 Å². The maximum atomic E-state index is 5.34. The number of fused-ring (bicyclic) bond motifs is 9. The normalized spacial score (nSPS) is 12.5. The first-order valence-corrected chi connectivity index (χ1v) is 18.7. The minimum atomic E-state index is 0.687. The lowest BCUT2D eigenvalue weighted by molar-refractivity contribution is 1.01. The molecule has 0 fully saturated rings. The van der Waals surface area contributed by atoms with Crippen LogP contribution >= 0.6 is 11.8 Å². The van der Waals surface area contributed by atoms with Gasteiger partial charge in [-0.3, -0.25) is 4.57 Å². The zero-order valence-corrected chi connectivity index (χ0v) is 29.2. The Morgan fingerprint density at radius 3 is 2.00 bits per heavy atom. The molecule has 8 aromatic carbocycles. The molecule has 53 heavy (non-hydrogen) atoms. The molecule has 4 heterocycles. The molecule has 246 valence electrons. The Kier molecular flexibility index (Phi) is 5.96. The molecule has 5 heteroatoms. The van der Waals surface area contributed by atoms with Gasteiger partial charge in [-0.1, -0.05) is 121 Å². The van der Waals surface area contributed by atoms with E-state index in [4.69, 9.17) is 9.97 Å². The predicted octanol–water partition coefficient (Wildman–Crippen LogP) is 12.8. The van der Waals surface area contributed by atoms with Crippen LogP contribution in [0.15, 0.2) is 180 Å². The summed E-state index contributed by atoms with van der Waals surface area (Å²) in [6, 6.07) is 61.4. The van der Waals surface area contributed by atoms with Gasteiger partial charge in [0.15, 0.2) is 0 Å². The van der Waals surface area contributed by atoms with Gasteiger partial charge in [0.1, 0.15) is 0 Å². The van der Waals surface area contributed by atoms with Crippen molar-refractivity contribution in [2.24, 2.45) is 0 Å². The maximum Gasteiger partial charge on any atom is 0.235 e. The third-order valence-electron chi connectivity index (χ3n) is 10.9. The van der Waals surface area contributed by atoms with Gasteiger partial charge in [0.25, 0.3) is 0 Å². The molecule has 11 aromatic rings. The van der Waals surface area contributed by atoms with Gasteiger partial charge in [-0.15, -0.1) is 0 Å². The molecule has 0 saturated heterocycles. The van der Waals surface area contributed by atoms with Gasteiger partial charge in [-0.05, 0) is 82.6 Å². The topological polar surface area (TPSA) is 35.6 Å². The molecule has 0 radical (unpaired) electrons. The third-order valence-corrected chi connectivity index (χ3v) is 12.0. The number of aromatic nitrogens is 4. The van der Waals surface area contributed by atoms with E-state index in [1.165, 1.54) is 64.3 Å². The lowest BCUT2D eigenvalue weighted by atomic mass is 10.0. The first-order valence-electron chi connectivity index (χ1n) is 17.9. The lowest BCUT2D eigenvalue weighted by Gasteiger charge is -2.20. The van der Waals surface area contributed by atoms with Crippen molar-refractivity contribution >= 4 is 77.0 Å². The van der Waals surface area contributed by atoms with Crippen LogP contribution in [0.25, 0.3) is 99.3 Å². The molecule has 0 bridgehead atoms. The quantitative estimate of drug-likeness (QED) is 0.185. The Balaban J connectivity index is 1.07. The second-order valence-electron chi connectivity index (χ2n) is 13.8. The molecule has 4 nitrogen and oxygen atoms in total. The average molecular weight is 693 g/mol. The highest BCUT2D eigenvalue weighted by molar-refractivity contribution is 7.99. The van der Waals surface area contributed by atoms with Crippen molar-refractivity contribution in [1.82, 2.24) is 19.1 Å². The Bertz CT molecular complexity index is 3330.